The summed E-state index contributed by atoms with van der Waals surface area (Å²) in [5.74, 6) is -0.323. The quantitative estimate of drug-likeness (QED) is 0.833. The predicted molar refractivity (Wildman–Crippen MR) is 104 cm³/mol. The number of nitrogens with zero attached hydrogens (tertiary/aromatic N) is 3. The fourth-order valence-corrected chi connectivity index (χ4v) is 4.57. The Labute approximate surface area is 170 Å². The van der Waals surface area contributed by atoms with Crippen LogP contribution in [0.3, 0.4) is 0 Å². The summed E-state index contributed by atoms with van der Waals surface area (Å²) in [4.78, 5) is 30.5. The lowest BCUT2D eigenvalue weighted by Gasteiger charge is -2.37. The van der Waals surface area contributed by atoms with Gasteiger partial charge in [-0.2, -0.15) is 0 Å². The maximum atomic E-state index is 13.5. The molecule has 158 valence electrons. The smallest absolute Gasteiger partial charge is 0.408 e. The number of hydrogen-bond acceptors (Lipinski definition) is 4. The van der Waals surface area contributed by atoms with Crippen molar-refractivity contribution in [3.05, 3.63) is 30.1 Å². The van der Waals surface area contributed by atoms with Crippen molar-refractivity contribution in [2.75, 3.05) is 32.7 Å². The molecule has 8 heteroatoms. The van der Waals surface area contributed by atoms with Crippen LogP contribution in [0.1, 0.15) is 32.1 Å². The van der Waals surface area contributed by atoms with Gasteiger partial charge in [-0.15, -0.1) is 0 Å². The van der Waals surface area contributed by atoms with Crippen molar-refractivity contribution in [1.29, 1.82) is 0 Å². The monoisotopic (exact) mass is 405 g/mol. The zero-order valence-electron chi connectivity index (χ0n) is 16.5. The first-order valence-electron chi connectivity index (χ1n) is 10.5. The first-order valence-corrected chi connectivity index (χ1v) is 10.5. The summed E-state index contributed by atoms with van der Waals surface area (Å²) < 4.78 is 19.4. The van der Waals surface area contributed by atoms with Crippen molar-refractivity contribution in [3.8, 4) is 5.75 Å². The van der Waals surface area contributed by atoms with Crippen molar-refractivity contribution in [1.82, 2.24) is 14.7 Å². The Bertz CT molecular complexity index is 757. The van der Waals surface area contributed by atoms with Gasteiger partial charge in [0.15, 0.2) is 6.04 Å². The molecule has 4 rings (SSSR count). The summed E-state index contributed by atoms with van der Waals surface area (Å²) in [6.07, 6.45) is 3.28. The highest BCUT2D eigenvalue weighted by molar-refractivity contribution is 5.86. The number of carbonyl (C=O) groups excluding carboxylic acids is 1. The molecular weight excluding hydrogens is 377 g/mol. The van der Waals surface area contributed by atoms with Crippen LogP contribution in [0.5, 0.6) is 5.75 Å². The highest BCUT2D eigenvalue weighted by Gasteiger charge is 2.45. The van der Waals surface area contributed by atoms with E-state index in [1.807, 2.05) is 0 Å². The minimum absolute atomic E-state index is 0.207. The minimum Gasteiger partial charge on any atom is -0.488 e. The Kier molecular flexibility index (Phi) is 5.89. The van der Waals surface area contributed by atoms with E-state index in [4.69, 9.17) is 4.74 Å². The summed E-state index contributed by atoms with van der Waals surface area (Å²) in [6.45, 7) is 3.26. The third-order valence-electron chi connectivity index (χ3n) is 6.36. The third kappa shape index (κ3) is 4.32. The number of rotatable bonds is 4. The van der Waals surface area contributed by atoms with Crippen LogP contribution < -0.4 is 4.74 Å². The lowest BCUT2D eigenvalue weighted by Crippen LogP contribution is -2.53. The molecule has 3 fully saturated rings. The largest absolute Gasteiger partial charge is 0.488 e. The van der Waals surface area contributed by atoms with Gasteiger partial charge in [0.25, 0.3) is 0 Å². The zero-order chi connectivity index (χ0) is 20.4. The molecule has 0 spiro atoms. The molecule has 1 aromatic rings. The molecule has 3 aliphatic rings. The van der Waals surface area contributed by atoms with E-state index in [9.17, 15) is 19.1 Å². The molecule has 29 heavy (non-hydrogen) atoms. The molecule has 2 amide bonds. The normalized spacial score (nSPS) is 26.1. The van der Waals surface area contributed by atoms with Gasteiger partial charge in [0.1, 0.15) is 17.7 Å². The van der Waals surface area contributed by atoms with Gasteiger partial charge < -0.3 is 14.7 Å². The molecule has 0 radical (unpaired) electrons. The Morgan fingerprint density at radius 3 is 2.55 bits per heavy atom. The van der Waals surface area contributed by atoms with Gasteiger partial charge in [-0.3, -0.25) is 14.6 Å². The van der Waals surface area contributed by atoms with Crippen LogP contribution in [0.4, 0.5) is 9.18 Å². The molecule has 2 heterocycles. The van der Waals surface area contributed by atoms with Gasteiger partial charge in [-0.05, 0) is 31.4 Å². The average Bonchev–Trinajstić information content (AvgIpc) is 2.90. The lowest BCUT2D eigenvalue weighted by molar-refractivity contribution is -0.137. The van der Waals surface area contributed by atoms with E-state index in [0.29, 0.717) is 31.3 Å². The second-order valence-corrected chi connectivity index (χ2v) is 8.12. The summed E-state index contributed by atoms with van der Waals surface area (Å²) in [5, 5.41) is 9.60. The van der Waals surface area contributed by atoms with Gasteiger partial charge in [0, 0.05) is 51.3 Å². The number of hydrogen-bond donors (Lipinski definition) is 1. The topological polar surface area (TPSA) is 73.3 Å². The molecule has 0 unspecified atom stereocenters. The van der Waals surface area contributed by atoms with Crippen molar-refractivity contribution in [2.24, 2.45) is 0 Å². The first kappa shape index (κ1) is 19.9. The standard InChI is InChI=1S/C21H28FN3O4/c22-15-4-1-7-17(14-15)29-18-8-11-25(21(27)28)19(18)20(26)24-10-3-9-23(12-13-24)16-5-2-6-16/h1,4,7,14,16,18-19H,2-3,5-6,8-13H2,(H,27,28)/t18-,19+/m1/s1. The fraction of sp³-hybridized carbons (Fsp3) is 0.619. The maximum Gasteiger partial charge on any atom is 0.408 e. The van der Waals surface area contributed by atoms with Crippen LogP contribution in [-0.2, 0) is 4.79 Å². The van der Waals surface area contributed by atoms with Gasteiger partial charge in [-0.1, -0.05) is 12.5 Å². The van der Waals surface area contributed by atoms with E-state index in [2.05, 4.69) is 4.90 Å². The molecule has 2 aliphatic heterocycles. The van der Waals surface area contributed by atoms with E-state index < -0.39 is 24.1 Å². The highest BCUT2D eigenvalue weighted by Crippen LogP contribution is 2.28. The molecule has 7 nitrogen and oxygen atoms in total. The summed E-state index contributed by atoms with van der Waals surface area (Å²) in [5.41, 5.74) is 0. The van der Waals surface area contributed by atoms with E-state index in [1.54, 1.807) is 11.0 Å². The van der Waals surface area contributed by atoms with Gasteiger partial charge in [-0.25, -0.2) is 9.18 Å². The molecule has 2 atom stereocenters. The molecule has 0 bridgehead atoms. The van der Waals surface area contributed by atoms with Crippen molar-refractivity contribution in [3.63, 3.8) is 0 Å². The van der Waals surface area contributed by atoms with E-state index in [1.165, 1.54) is 42.4 Å². The first-order chi connectivity index (χ1) is 14.0. The molecular formula is C21H28FN3O4. The molecule has 0 aromatic heterocycles. The van der Waals surface area contributed by atoms with Crippen molar-refractivity contribution < 1.29 is 23.8 Å². The van der Waals surface area contributed by atoms with Gasteiger partial charge in [0.2, 0.25) is 5.91 Å². The van der Waals surface area contributed by atoms with Crippen LogP contribution in [0.2, 0.25) is 0 Å². The number of likely N-dealkylation sites (tertiary alicyclic amines) is 1. The number of carbonyl (C=O) groups is 2. The van der Waals surface area contributed by atoms with Crippen molar-refractivity contribution >= 4 is 12.0 Å². The number of carboxylic acid groups (broad SMARTS) is 1. The SMILES string of the molecule is O=C([C@@H]1[C@H](Oc2cccc(F)c2)CCN1C(=O)O)N1CCCN(C2CCC2)CC1. The fourth-order valence-electron chi connectivity index (χ4n) is 4.57. The summed E-state index contributed by atoms with van der Waals surface area (Å²) in [7, 11) is 0. The molecule has 1 saturated carbocycles. The van der Waals surface area contributed by atoms with Crippen LogP contribution in [0.25, 0.3) is 0 Å². The minimum atomic E-state index is -1.13. The second-order valence-electron chi connectivity index (χ2n) is 8.12. The Balaban J connectivity index is 1.47. The highest BCUT2D eigenvalue weighted by atomic mass is 19.1. The van der Waals surface area contributed by atoms with Crippen LogP contribution in [0, 0.1) is 5.82 Å². The van der Waals surface area contributed by atoms with Crippen molar-refractivity contribution in [2.45, 2.75) is 50.3 Å². The van der Waals surface area contributed by atoms with Crippen LogP contribution in [0.15, 0.2) is 24.3 Å². The molecule has 1 aliphatic carbocycles. The number of amides is 2. The number of benzene rings is 1. The van der Waals surface area contributed by atoms with Gasteiger partial charge in [0.05, 0.1) is 0 Å². The van der Waals surface area contributed by atoms with E-state index >= 15 is 0 Å². The number of halogens is 1. The zero-order valence-corrected chi connectivity index (χ0v) is 16.5. The molecule has 2 saturated heterocycles. The Morgan fingerprint density at radius 2 is 1.86 bits per heavy atom. The predicted octanol–water partition coefficient (Wildman–Crippen LogP) is 2.41. The molecule has 1 aromatic carbocycles. The van der Waals surface area contributed by atoms with Gasteiger partial charge >= 0.3 is 6.09 Å². The van der Waals surface area contributed by atoms with Crippen LogP contribution >= 0.6 is 0 Å². The van der Waals surface area contributed by atoms with Crippen LogP contribution in [-0.4, -0.2) is 82.7 Å². The third-order valence-corrected chi connectivity index (χ3v) is 6.36. The summed E-state index contributed by atoms with van der Waals surface area (Å²) in [6, 6.07) is 5.47. The average molecular weight is 405 g/mol. The Hall–Kier alpha value is -2.35. The molecule has 1 N–H and O–H groups in total. The van der Waals surface area contributed by atoms with E-state index in [0.717, 1.165) is 19.5 Å². The summed E-state index contributed by atoms with van der Waals surface area (Å²) >= 11 is 0. The second kappa shape index (κ2) is 8.57. The number of ether oxygens (including phenoxy) is 1. The maximum absolute atomic E-state index is 13.5. The van der Waals surface area contributed by atoms with E-state index in [-0.39, 0.29) is 12.5 Å². The lowest BCUT2D eigenvalue weighted by atomic mass is 9.91. The Morgan fingerprint density at radius 1 is 1.03 bits per heavy atom.